The fourth-order valence-electron chi connectivity index (χ4n) is 0.901. The molecule has 0 atom stereocenters. The highest BCUT2D eigenvalue weighted by Crippen LogP contribution is 2.01. The van der Waals surface area contributed by atoms with Crippen LogP contribution in [-0.2, 0) is 9.53 Å². The summed E-state index contributed by atoms with van der Waals surface area (Å²) in [5, 5.41) is 0. The number of rotatable bonds is 3. The van der Waals surface area contributed by atoms with Gasteiger partial charge in [-0.15, -0.1) is 0 Å². The summed E-state index contributed by atoms with van der Waals surface area (Å²) < 4.78 is 4.56. The third-order valence-electron chi connectivity index (χ3n) is 1.56. The number of carbonyl (C=O) groups excluding carboxylic acids is 2. The molecule has 0 saturated carbocycles. The average Bonchev–Trinajstić information content (AvgIpc) is 2.19. The molecule has 1 aromatic heterocycles. The van der Waals surface area contributed by atoms with E-state index in [9.17, 15) is 9.59 Å². The molecule has 1 heterocycles. The Bertz CT molecular complexity index is 321. The Labute approximate surface area is 81.9 Å². The van der Waals surface area contributed by atoms with E-state index in [4.69, 9.17) is 0 Å². The molecule has 0 fully saturated rings. The van der Waals surface area contributed by atoms with Crippen LogP contribution in [0.4, 0.5) is 0 Å². The maximum Gasteiger partial charge on any atom is 0.347 e. The maximum absolute atomic E-state index is 11.2. The van der Waals surface area contributed by atoms with Gasteiger partial charge in [0.05, 0.1) is 5.56 Å². The van der Waals surface area contributed by atoms with Gasteiger partial charge >= 0.3 is 11.9 Å². The number of hydrogen-bond donors (Lipinski definition) is 0. The van der Waals surface area contributed by atoms with E-state index in [1.165, 1.54) is 6.20 Å². The second-order valence-corrected chi connectivity index (χ2v) is 2.75. The van der Waals surface area contributed by atoms with Crippen molar-refractivity contribution in [2.75, 3.05) is 0 Å². The van der Waals surface area contributed by atoms with E-state index in [-0.39, 0.29) is 12.0 Å². The van der Waals surface area contributed by atoms with Gasteiger partial charge in [-0.2, -0.15) is 0 Å². The first-order chi connectivity index (χ1) is 6.74. The van der Waals surface area contributed by atoms with Crippen molar-refractivity contribution in [2.45, 2.75) is 19.8 Å². The van der Waals surface area contributed by atoms with E-state index < -0.39 is 11.9 Å². The molecule has 1 aromatic rings. The standard InChI is InChI=1S/C10H11NO3/c1-2-4-9(12)14-10(13)8-5-3-6-11-7-8/h3,5-7H,2,4H2,1H3. The molecule has 14 heavy (non-hydrogen) atoms. The van der Waals surface area contributed by atoms with Crippen LogP contribution in [0.25, 0.3) is 0 Å². The van der Waals surface area contributed by atoms with Crippen LogP contribution in [-0.4, -0.2) is 16.9 Å². The minimum Gasteiger partial charge on any atom is -0.389 e. The van der Waals surface area contributed by atoms with Gasteiger partial charge in [0.15, 0.2) is 0 Å². The minimum atomic E-state index is -0.642. The molecule has 0 unspecified atom stereocenters. The Hall–Kier alpha value is -1.71. The summed E-state index contributed by atoms with van der Waals surface area (Å²) in [6.07, 6.45) is 3.83. The predicted molar refractivity (Wildman–Crippen MR) is 49.6 cm³/mol. The van der Waals surface area contributed by atoms with Crippen molar-refractivity contribution in [2.24, 2.45) is 0 Å². The van der Waals surface area contributed by atoms with E-state index in [2.05, 4.69) is 9.72 Å². The molecule has 0 aliphatic carbocycles. The summed E-state index contributed by atoms with van der Waals surface area (Å²) in [4.78, 5) is 26.0. The van der Waals surface area contributed by atoms with Gasteiger partial charge < -0.3 is 4.74 Å². The highest BCUT2D eigenvalue weighted by molar-refractivity contribution is 5.96. The van der Waals surface area contributed by atoms with Gasteiger partial charge in [-0.3, -0.25) is 9.78 Å². The SMILES string of the molecule is CCCC(=O)OC(=O)c1cccnc1. The van der Waals surface area contributed by atoms with E-state index in [1.54, 1.807) is 18.3 Å². The molecule has 4 heteroatoms. The molecule has 0 saturated heterocycles. The van der Waals surface area contributed by atoms with Crippen molar-refractivity contribution in [1.29, 1.82) is 0 Å². The van der Waals surface area contributed by atoms with Crippen molar-refractivity contribution < 1.29 is 14.3 Å². The molecular weight excluding hydrogens is 182 g/mol. The Balaban J connectivity index is 2.55. The van der Waals surface area contributed by atoms with Crippen LogP contribution in [0.15, 0.2) is 24.5 Å². The van der Waals surface area contributed by atoms with E-state index in [1.807, 2.05) is 6.92 Å². The topological polar surface area (TPSA) is 56.3 Å². The molecule has 0 amide bonds. The van der Waals surface area contributed by atoms with Crippen molar-refractivity contribution >= 4 is 11.9 Å². The molecule has 0 spiro atoms. The molecule has 4 nitrogen and oxygen atoms in total. The van der Waals surface area contributed by atoms with Gasteiger partial charge in [0.25, 0.3) is 0 Å². The van der Waals surface area contributed by atoms with Gasteiger partial charge in [0.2, 0.25) is 0 Å². The zero-order chi connectivity index (χ0) is 10.4. The van der Waals surface area contributed by atoms with E-state index in [0.717, 1.165) is 0 Å². The Morgan fingerprint density at radius 3 is 2.86 bits per heavy atom. The number of carbonyl (C=O) groups is 2. The first-order valence-corrected chi connectivity index (χ1v) is 4.39. The van der Waals surface area contributed by atoms with Gasteiger partial charge in [0.1, 0.15) is 0 Å². The molecule has 1 rings (SSSR count). The van der Waals surface area contributed by atoms with Crippen LogP contribution in [0, 0.1) is 0 Å². The lowest BCUT2D eigenvalue weighted by Gasteiger charge is -2.00. The van der Waals surface area contributed by atoms with Crippen molar-refractivity contribution in [1.82, 2.24) is 4.98 Å². The minimum absolute atomic E-state index is 0.256. The highest BCUT2D eigenvalue weighted by atomic mass is 16.6. The second-order valence-electron chi connectivity index (χ2n) is 2.75. The van der Waals surface area contributed by atoms with Crippen LogP contribution < -0.4 is 0 Å². The Kier molecular flexibility index (Phi) is 3.79. The maximum atomic E-state index is 11.2. The highest BCUT2D eigenvalue weighted by Gasteiger charge is 2.11. The zero-order valence-corrected chi connectivity index (χ0v) is 7.90. The summed E-state index contributed by atoms with van der Waals surface area (Å²) in [6, 6.07) is 3.16. The normalized spacial score (nSPS) is 9.50. The average molecular weight is 193 g/mol. The molecule has 0 aliphatic rings. The molecule has 0 aromatic carbocycles. The fourth-order valence-corrected chi connectivity index (χ4v) is 0.901. The number of hydrogen-bond acceptors (Lipinski definition) is 4. The molecule has 0 radical (unpaired) electrons. The number of pyridine rings is 1. The predicted octanol–water partition coefficient (Wildman–Crippen LogP) is 1.57. The summed E-state index contributed by atoms with van der Waals surface area (Å²) in [5.74, 6) is -1.14. The second kappa shape index (κ2) is 5.11. The summed E-state index contributed by atoms with van der Waals surface area (Å²) >= 11 is 0. The molecule has 0 N–H and O–H groups in total. The largest absolute Gasteiger partial charge is 0.389 e. The molecule has 0 aliphatic heterocycles. The summed E-state index contributed by atoms with van der Waals surface area (Å²) in [7, 11) is 0. The lowest BCUT2D eigenvalue weighted by atomic mass is 10.3. The third-order valence-corrected chi connectivity index (χ3v) is 1.56. The molecule has 0 bridgehead atoms. The summed E-state index contributed by atoms with van der Waals surface area (Å²) in [6.45, 7) is 1.84. The first-order valence-electron chi connectivity index (χ1n) is 4.39. The lowest BCUT2D eigenvalue weighted by molar-refractivity contribution is -0.137. The van der Waals surface area contributed by atoms with Crippen molar-refractivity contribution in [3.8, 4) is 0 Å². The van der Waals surface area contributed by atoms with Gasteiger partial charge in [0, 0.05) is 18.8 Å². The van der Waals surface area contributed by atoms with Gasteiger partial charge in [-0.1, -0.05) is 6.92 Å². The number of ether oxygens (including phenoxy) is 1. The zero-order valence-electron chi connectivity index (χ0n) is 7.90. The Morgan fingerprint density at radius 1 is 1.50 bits per heavy atom. The van der Waals surface area contributed by atoms with Gasteiger partial charge in [-0.05, 0) is 18.6 Å². The van der Waals surface area contributed by atoms with E-state index in [0.29, 0.717) is 6.42 Å². The van der Waals surface area contributed by atoms with Gasteiger partial charge in [-0.25, -0.2) is 4.79 Å². The smallest absolute Gasteiger partial charge is 0.347 e. The molecule has 74 valence electrons. The Morgan fingerprint density at radius 2 is 2.29 bits per heavy atom. The van der Waals surface area contributed by atoms with Crippen LogP contribution in [0.2, 0.25) is 0 Å². The number of nitrogens with zero attached hydrogens (tertiary/aromatic N) is 1. The van der Waals surface area contributed by atoms with E-state index >= 15 is 0 Å². The summed E-state index contributed by atoms with van der Waals surface area (Å²) in [5.41, 5.74) is 0.289. The fraction of sp³-hybridized carbons (Fsp3) is 0.300. The quantitative estimate of drug-likeness (QED) is 0.540. The van der Waals surface area contributed by atoms with Crippen molar-refractivity contribution in [3.63, 3.8) is 0 Å². The van der Waals surface area contributed by atoms with Crippen LogP contribution in [0.1, 0.15) is 30.1 Å². The lowest BCUT2D eigenvalue weighted by Crippen LogP contribution is -2.12. The third kappa shape index (κ3) is 2.97. The molecular formula is C10H11NO3. The van der Waals surface area contributed by atoms with Crippen LogP contribution in [0.3, 0.4) is 0 Å². The van der Waals surface area contributed by atoms with Crippen LogP contribution in [0.5, 0.6) is 0 Å². The number of esters is 2. The number of aromatic nitrogens is 1. The monoisotopic (exact) mass is 193 g/mol. The van der Waals surface area contributed by atoms with Crippen molar-refractivity contribution in [3.05, 3.63) is 30.1 Å². The first kappa shape index (κ1) is 10.4. The van der Waals surface area contributed by atoms with Crippen LogP contribution >= 0.6 is 0 Å².